The van der Waals surface area contributed by atoms with Crippen LogP contribution in [0.1, 0.15) is 84.0 Å². The Balaban J connectivity index is 1.54. The number of unbranched alkanes of at least 4 members (excludes halogenated alkanes) is 3. The zero-order valence-corrected chi connectivity index (χ0v) is 24.8. The molecular formula is C32H37ClN4OS. The van der Waals surface area contributed by atoms with E-state index in [2.05, 4.69) is 65.8 Å². The summed E-state index contributed by atoms with van der Waals surface area (Å²) in [4.78, 5) is 13.2. The molecule has 0 spiro atoms. The number of nitrogens with zero attached hydrogens (tertiary/aromatic N) is 3. The van der Waals surface area contributed by atoms with Gasteiger partial charge >= 0.3 is 0 Å². The number of thioether (sulfide) groups is 1. The largest absolute Gasteiger partial charge is 0.342 e. The van der Waals surface area contributed by atoms with Crippen molar-refractivity contribution in [1.29, 1.82) is 0 Å². The van der Waals surface area contributed by atoms with E-state index in [4.69, 9.17) is 11.6 Å². The van der Waals surface area contributed by atoms with Gasteiger partial charge in [-0.15, -0.1) is 10.2 Å². The molecule has 1 aromatic heterocycles. The Morgan fingerprint density at radius 3 is 2.51 bits per heavy atom. The van der Waals surface area contributed by atoms with Crippen LogP contribution < -0.4 is 5.32 Å². The predicted octanol–water partition coefficient (Wildman–Crippen LogP) is 8.44. The smallest absolute Gasteiger partial charge is 0.251 e. The molecule has 0 aliphatic heterocycles. The van der Waals surface area contributed by atoms with Gasteiger partial charge in [-0.2, -0.15) is 0 Å². The maximum absolute atomic E-state index is 13.2. The lowest BCUT2D eigenvalue weighted by Crippen LogP contribution is -2.28. The minimum Gasteiger partial charge on any atom is -0.342 e. The van der Waals surface area contributed by atoms with E-state index in [0.717, 1.165) is 28.6 Å². The monoisotopic (exact) mass is 560 g/mol. The lowest BCUT2D eigenvalue weighted by molar-refractivity contribution is 0.0938. The molecule has 0 bridgehead atoms. The summed E-state index contributed by atoms with van der Waals surface area (Å²) in [6.45, 7) is 8.29. The van der Waals surface area contributed by atoms with Crippen molar-refractivity contribution in [1.82, 2.24) is 20.1 Å². The molecule has 204 valence electrons. The summed E-state index contributed by atoms with van der Waals surface area (Å²) in [5, 5.41) is 13.6. The number of aromatic nitrogens is 3. The summed E-state index contributed by atoms with van der Waals surface area (Å²) >= 11 is 8.02. The third kappa shape index (κ3) is 7.74. The summed E-state index contributed by atoms with van der Waals surface area (Å²) in [6.07, 6.45) is 5.97. The number of benzene rings is 3. The molecule has 1 N–H and O–H groups in total. The molecule has 0 saturated heterocycles. The van der Waals surface area contributed by atoms with Crippen LogP contribution >= 0.6 is 23.4 Å². The number of hydrogen-bond acceptors (Lipinski definition) is 4. The first kappa shape index (κ1) is 28.9. The van der Waals surface area contributed by atoms with Crippen LogP contribution in [0.25, 0.3) is 5.69 Å². The Morgan fingerprint density at radius 2 is 1.77 bits per heavy atom. The van der Waals surface area contributed by atoms with Gasteiger partial charge in [0.2, 0.25) is 0 Å². The zero-order chi connectivity index (χ0) is 27.8. The van der Waals surface area contributed by atoms with Crippen molar-refractivity contribution >= 4 is 29.3 Å². The average Bonchev–Trinajstić information content (AvgIpc) is 3.35. The zero-order valence-electron chi connectivity index (χ0n) is 23.2. The number of halogens is 1. The second-order valence-corrected chi connectivity index (χ2v) is 11.5. The molecule has 3 aromatic carbocycles. The third-order valence-corrected chi connectivity index (χ3v) is 8.03. The van der Waals surface area contributed by atoms with Crippen LogP contribution in [0.15, 0.2) is 71.9 Å². The molecule has 0 aliphatic carbocycles. The SMILES string of the molecule is CCCCCCc1ccc(C(=O)NC(C)c2nnc(SCc3cccc(C)c3)n2-c2cc(Cl)ccc2C)cc1. The molecule has 0 fully saturated rings. The van der Waals surface area contributed by atoms with Crippen molar-refractivity contribution in [3.05, 3.63) is 105 Å². The quantitative estimate of drug-likeness (QED) is 0.139. The van der Waals surface area contributed by atoms with Crippen molar-refractivity contribution in [2.45, 2.75) is 76.8 Å². The van der Waals surface area contributed by atoms with Gasteiger partial charge < -0.3 is 5.32 Å². The lowest BCUT2D eigenvalue weighted by atomic mass is 10.0. The fraction of sp³-hybridized carbons (Fsp3) is 0.344. The van der Waals surface area contributed by atoms with Gasteiger partial charge in [0.05, 0.1) is 11.7 Å². The van der Waals surface area contributed by atoms with E-state index in [0.29, 0.717) is 16.4 Å². The van der Waals surface area contributed by atoms with Gasteiger partial charge in [0.25, 0.3) is 5.91 Å². The van der Waals surface area contributed by atoms with Crippen LogP contribution in [0, 0.1) is 13.8 Å². The topological polar surface area (TPSA) is 59.8 Å². The van der Waals surface area contributed by atoms with Crippen LogP contribution in [0.2, 0.25) is 5.02 Å². The first-order chi connectivity index (χ1) is 18.9. The van der Waals surface area contributed by atoms with Gasteiger partial charge in [-0.05, 0) is 74.6 Å². The van der Waals surface area contributed by atoms with Crippen LogP contribution in [0.3, 0.4) is 0 Å². The van der Waals surface area contributed by atoms with E-state index < -0.39 is 0 Å². The Labute approximate surface area is 241 Å². The highest BCUT2D eigenvalue weighted by atomic mass is 35.5. The first-order valence-corrected chi connectivity index (χ1v) is 15.0. The number of hydrogen-bond donors (Lipinski definition) is 1. The van der Waals surface area contributed by atoms with Crippen molar-refractivity contribution < 1.29 is 4.79 Å². The summed E-state index contributed by atoms with van der Waals surface area (Å²) in [7, 11) is 0. The molecule has 0 saturated carbocycles. The third-order valence-electron chi connectivity index (χ3n) is 6.79. The molecule has 5 nitrogen and oxygen atoms in total. The highest BCUT2D eigenvalue weighted by Gasteiger charge is 2.23. The second-order valence-electron chi connectivity index (χ2n) is 10.1. The molecule has 1 unspecified atom stereocenters. The molecule has 39 heavy (non-hydrogen) atoms. The normalized spacial score (nSPS) is 11.9. The number of carbonyl (C=O) groups excluding carboxylic acids is 1. The standard InChI is InChI=1S/C32H37ClN4OS/c1-5-6-7-8-11-25-14-16-27(17-15-25)31(38)34-24(4)30-35-36-32(39-21-26-12-9-10-22(2)19-26)37(30)29-20-28(33)18-13-23(29)3/h9-10,12-20,24H,5-8,11,21H2,1-4H3,(H,34,38). The van der Waals surface area contributed by atoms with Gasteiger partial charge in [0.1, 0.15) is 0 Å². The summed E-state index contributed by atoms with van der Waals surface area (Å²) in [6, 6.07) is 21.8. The maximum Gasteiger partial charge on any atom is 0.251 e. The maximum atomic E-state index is 13.2. The molecule has 7 heteroatoms. The van der Waals surface area contributed by atoms with Crippen molar-refractivity contribution in [2.24, 2.45) is 0 Å². The summed E-state index contributed by atoms with van der Waals surface area (Å²) in [5.74, 6) is 1.28. The Kier molecular flexibility index (Phi) is 10.2. The molecule has 1 atom stereocenters. The number of nitrogens with one attached hydrogen (secondary N) is 1. The number of rotatable bonds is 12. The molecule has 0 aliphatic rings. The van der Waals surface area contributed by atoms with E-state index in [1.165, 1.54) is 42.4 Å². The highest BCUT2D eigenvalue weighted by Crippen LogP contribution is 2.30. The van der Waals surface area contributed by atoms with Crippen LogP contribution in [-0.2, 0) is 12.2 Å². The highest BCUT2D eigenvalue weighted by molar-refractivity contribution is 7.98. The van der Waals surface area contributed by atoms with Crippen molar-refractivity contribution in [3.63, 3.8) is 0 Å². The molecule has 1 amide bonds. The van der Waals surface area contributed by atoms with Crippen molar-refractivity contribution in [3.8, 4) is 5.69 Å². The molecule has 0 radical (unpaired) electrons. The van der Waals surface area contributed by atoms with Gasteiger partial charge in [0.15, 0.2) is 11.0 Å². The van der Waals surface area contributed by atoms with Crippen LogP contribution in [0.4, 0.5) is 0 Å². The second kappa shape index (κ2) is 13.8. The van der Waals surface area contributed by atoms with E-state index in [9.17, 15) is 4.79 Å². The minimum atomic E-state index is -0.370. The molecule has 4 aromatic rings. The van der Waals surface area contributed by atoms with Gasteiger partial charge in [0, 0.05) is 16.3 Å². The average molecular weight is 561 g/mol. The Morgan fingerprint density at radius 1 is 0.974 bits per heavy atom. The summed E-state index contributed by atoms with van der Waals surface area (Å²) < 4.78 is 2.02. The predicted molar refractivity (Wildman–Crippen MR) is 162 cm³/mol. The van der Waals surface area contributed by atoms with E-state index in [1.807, 2.05) is 48.7 Å². The van der Waals surface area contributed by atoms with E-state index in [1.54, 1.807) is 11.8 Å². The molecule has 4 rings (SSSR count). The minimum absolute atomic E-state index is 0.133. The first-order valence-electron chi connectivity index (χ1n) is 13.7. The summed E-state index contributed by atoms with van der Waals surface area (Å²) in [5.41, 5.74) is 6.30. The van der Waals surface area contributed by atoms with Gasteiger partial charge in [-0.1, -0.05) is 97.6 Å². The van der Waals surface area contributed by atoms with Gasteiger partial charge in [-0.3, -0.25) is 9.36 Å². The lowest BCUT2D eigenvalue weighted by Gasteiger charge is -2.18. The van der Waals surface area contributed by atoms with E-state index in [-0.39, 0.29) is 11.9 Å². The van der Waals surface area contributed by atoms with Crippen LogP contribution in [-0.4, -0.2) is 20.7 Å². The molecule has 1 heterocycles. The number of carbonyl (C=O) groups is 1. The number of amides is 1. The molecular weight excluding hydrogens is 524 g/mol. The number of aryl methyl sites for hydroxylation is 3. The Bertz CT molecular complexity index is 1400. The fourth-order valence-electron chi connectivity index (χ4n) is 4.58. The van der Waals surface area contributed by atoms with Gasteiger partial charge in [-0.25, -0.2) is 0 Å². The Hall–Kier alpha value is -3.09. The van der Waals surface area contributed by atoms with Crippen molar-refractivity contribution in [2.75, 3.05) is 0 Å². The van der Waals surface area contributed by atoms with E-state index >= 15 is 0 Å². The van der Waals surface area contributed by atoms with Crippen LogP contribution in [0.5, 0.6) is 0 Å². The fourth-order valence-corrected chi connectivity index (χ4v) is 5.64.